The van der Waals surface area contributed by atoms with Gasteiger partial charge in [-0.3, -0.25) is 4.79 Å². The molecule has 4 heteroatoms. The van der Waals surface area contributed by atoms with Crippen LogP contribution in [0.3, 0.4) is 0 Å². The summed E-state index contributed by atoms with van der Waals surface area (Å²) in [6, 6.07) is 3.78. The summed E-state index contributed by atoms with van der Waals surface area (Å²) in [6.07, 6.45) is 1.46. The van der Waals surface area contributed by atoms with Crippen molar-refractivity contribution < 1.29 is 9.53 Å². The molecule has 1 amide bonds. The number of nitrogens with two attached hydrogens (primary N) is 1. The number of rotatable bonds is 2. The van der Waals surface area contributed by atoms with Gasteiger partial charge >= 0.3 is 0 Å². The number of anilines is 2. The number of carbonyl (C=O) groups is 1. The second-order valence-corrected chi connectivity index (χ2v) is 4.51. The van der Waals surface area contributed by atoms with Gasteiger partial charge in [-0.25, -0.2) is 0 Å². The van der Waals surface area contributed by atoms with E-state index < -0.39 is 0 Å². The number of carbonyl (C=O) groups excluding carboxylic acids is 1. The molecule has 92 valence electrons. The molecular formula is C13H18N2O2. The van der Waals surface area contributed by atoms with Gasteiger partial charge in [0, 0.05) is 18.0 Å². The molecule has 1 aromatic carbocycles. The lowest BCUT2D eigenvalue weighted by Crippen LogP contribution is -2.27. The van der Waals surface area contributed by atoms with Crippen molar-refractivity contribution in [2.75, 3.05) is 17.7 Å². The predicted octanol–water partition coefficient (Wildman–Crippen LogP) is 2.00. The average Bonchev–Trinajstić information content (AvgIpc) is 2.79. The Morgan fingerprint density at radius 3 is 2.82 bits per heavy atom. The zero-order valence-electron chi connectivity index (χ0n) is 10.2. The highest BCUT2D eigenvalue weighted by atomic mass is 16.5. The van der Waals surface area contributed by atoms with Gasteiger partial charge in [-0.1, -0.05) is 0 Å². The van der Waals surface area contributed by atoms with Crippen LogP contribution < -0.4 is 11.1 Å². The maximum atomic E-state index is 11.9. The Balaban J connectivity index is 2.12. The summed E-state index contributed by atoms with van der Waals surface area (Å²) in [4.78, 5) is 11.9. The molecule has 1 atom stereocenters. The zero-order valence-corrected chi connectivity index (χ0v) is 10.2. The van der Waals surface area contributed by atoms with Crippen LogP contribution in [-0.4, -0.2) is 18.6 Å². The molecule has 1 aliphatic rings. The first-order valence-electron chi connectivity index (χ1n) is 5.87. The van der Waals surface area contributed by atoms with Crippen molar-refractivity contribution in [1.29, 1.82) is 0 Å². The SMILES string of the molecule is Cc1cc(NC(=O)C2CCCO2)c(C)cc1N. The standard InChI is InChI=1S/C13H18N2O2/c1-8-7-11(9(2)6-10(8)14)15-13(16)12-4-3-5-17-12/h6-7,12H,3-5,14H2,1-2H3,(H,15,16). The van der Waals surface area contributed by atoms with Crippen molar-refractivity contribution in [3.05, 3.63) is 23.3 Å². The highest BCUT2D eigenvalue weighted by Crippen LogP contribution is 2.23. The number of amides is 1. The Bertz CT molecular complexity index is 437. The summed E-state index contributed by atoms with van der Waals surface area (Å²) >= 11 is 0. The Labute approximate surface area is 101 Å². The Morgan fingerprint density at radius 1 is 1.41 bits per heavy atom. The van der Waals surface area contributed by atoms with Crippen molar-refractivity contribution in [3.8, 4) is 0 Å². The van der Waals surface area contributed by atoms with E-state index in [1.54, 1.807) is 0 Å². The first kappa shape index (κ1) is 11.9. The monoisotopic (exact) mass is 234 g/mol. The number of hydrogen-bond acceptors (Lipinski definition) is 3. The van der Waals surface area contributed by atoms with Crippen LogP contribution in [0.2, 0.25) is 0 Å². The summed E-state index contributed by atoms with van der Waals surface area (Å²) in [7, 11) is 0. The van der Waals surface area contributed by atoms with Gasteiger partial charge in [-0.2, -0.15) is 0 Å². The van der Waals surface area contributed by atoms with Crippen molar-refractivity contribution in [2.24, 2.45) is 0 Å². The van der Waals surface area contributed by atoms with Gasteiger partial charge in [0.2, 0.25) is 0 Å². The van der Waals surface area contributed by atoms with Crippen molar-refractivity contribution in [2.45, 2.75) is 32.8 Å². The summed E-state index contributed by atoms with van der Waals surface area (Å²) in [6.45, 7) is 4.54. The summed E-state index contributed by atoms with van der Waals surface area (Å²) in [5.41, 5.74) is 9.31. The van der Waals surface area contributed by atoms with Gasteiger partial charge in [0.05, 0.1) is 0 Å². The van der Waals surface area contributed by atoms with Crippen LogP contribution >= 0.6 is 0 Å². The lowest BCUT2D eigenvalue weighted by molar-refractivity contribution is -0.124. The predicted molar refractivity (Wildman–Crippen MR) is 67.9 cm³/mol. The third kappa shape index (κ3) is 2.58. The molecule has 3 N–H and O–H groups in total. The zero-order chi connectivity index (χ0) is 12.4. The molecule has 0 spiro atoms. The largest absolute Gasteiger partial charge is 0.399 e. The smallest absolute Gasteiger partial charge is 0.253 e. The molecule has 0 saturated carbocycles. The molecule has 2 rings (SSSR count). The first-order chi connectivity index (χ1) is 8.08. The summed E-state index contributed by atoms with van der Waals surface area (Å²) in [5.74, 6) is -0.0604. The molecule has 0 radical (unpaired) electrons. The maximum Gasteiger partial charge on any atom is 0.253 e. The van der Waals surface area contributed by atoms with Gasteiger partial charge in [0.1, 0.15) is 6.10 Å². The first-order valence-corrected chi connectivity index (χ1v) is 5.87. The van der Waals surface area contributed by atoms with Gasteiger partial charge in [0.15, 0.2) is 0 Å². The van der Waals surface area contributed by atoms with E-state index in [9.17, 15) is 4.79 Å². The second-order valence-electron chi connectivity index (χ2n) is 4.51. The fourth-order valence-electron chi connectivity index (χ4n) is 1.97. The van der Waals surface area contributed by atoms with E-state index in [1.165, 1.54) is 0 Å². The maximum absolute atomic E-state index is 11.9. The molecule has 1 heterocycles. The van der Waals surface area contributed by atoms with Crippen molar-refractivity contribution in [1.82, 2.24) is 0 Å². The Hall–Kier alpha value is -1.55. The van der Waals surface area contributed by atoms with Crippen LogP contribution in [0.15, 0.2) is 12.1 Å². The molecule has 1 aliphatic heterocycles. The van der Waals surface area contributed by atoms with E-state index in [4.69, 9.17) is 10.5 Å². The van der Waals surface area contributed by atoms with Gasteiger partial charge in [-0.05, 0) is 49.9 Å². The van der Waals surface area contributed by atoms with Crippen molar-refractivity contribution in [3.63, 3.8) is 0 Å². The van der Waals surface area contributed by atoms with Gasteiger partial charge < -0.3 is 15.8 Å². The second kappa shape index (κ2) is 4.75. The Kier molecular flexibility index (Phi) is 3.33. The number of nitrogen functional groups attached to an aromatic ring is 1. The van der Waals surface area contributed by atoms with E-state index in [2.05, 4.69) is 5.32 Å². The lowest BCUT2D eigenvalue weighted by Gasteiger charge is -2.14. The minimum atomic E-state index is -0.299. The number of hydrogen-bond donors (Lipinski definition) is 2. The van der Waals surface area contributed by atoms with Crippen LogP contribution in [-0.2, 0) is 9.53 Å². The molecule has 1 saturated heterocycles. The molecule has 0 bridgehead atoms. The molecule has 0 aliphatic carbocycles. The van der Waals surface area contributed by atoms with Crippen LogP contribution in [0.25, 0.3) is 0 Å². The van der Waals surface area contributed by atoms with E-state index in [1.807, 2.05) is 26.0 Å². The molecule has 0 aromatic heterocycles. The minimum absolute atomic E-state index is 0.0604. The molecular weight excluding hydrogens is 216 g/mol. The van der Waals surface area contributed by atoms with E-state index in [-0.39, 0.29) is 12.0 Å². The topological polar surface area (TPSA) is 64.3 Å². The summed E-state index contributed by atoms with van der Waals surface area (Å²) in [5, 5.41) is 2.90. The van der Waals surface area contributed by atoms with Gasteiger partial charge in [-0.15, -0.1) is 0 Å². The van der Waals surface area contributed by atoms with Crippen LogP contribution in [0, 0.1) is 13.8 Å². The van der Waals surface area contributed by atoms with Crippen LogP contribution in [0.1, 0.15) is 24.0 Å². The van der Waals surface area contributed by atoms with E-state index in [0.717, 1.165) is 35.3 Å². The molecule has 1 fully saturated rings. The molecule has 4 nitrogen and oxygen atoms in total. The van der Waals surface area contributed by atoms with E-state index in [0.29, 0.717) is 6.61 Å². The van der Waals surface area contributed by atoms with Crippen LogP contribution in [0.4, 0.5) is 11.4 Å². The Morgan fingerprint density at radius 2 is 2.18 bits per heavy atom. The quantitative estimate of drug-likeness (QED) is 0.769. The molecule has 17 heavy (non-hydrogen) atoms. The normalized spacial score (nSPS) is 19.3. The minimum Gasteiger partial charge on any atom is -0.399 e. The highest BCUT2D eigenvalue weighted by molar-refractivity contribution is 5.95. The number of nitrogens with one attached hydrogen (secondary N) is 1. The number of benzene rings is 1. The van der Waals surface area contributed by atoms with E-state index >= 15 is 0 Å². The summed E-state index contributed by atoms with van der Waals surface area (Å²) < 4.78 is 5.34. The number of aryl methyl sites for hydroxylation is 2. The third-order valence-electron chi connectivity index (χ3n) is 3.09. The molecule has 1 unspecified atom stereocenters. The average molecular weight is 234 g/mol. The van der Waals surface area contributed by atoms with Crippen molar-refractivity contribution >= 4 is 17.3 Å². The lowest BCUT2D eigenvalue weighted by atomic mass is 10.1. The van der Waals surface area contributed by atoms with Gasteiger partial charge in [0.25, 0.3) is 5.91 Å². The third-order valence-corrected chi connectivity index (χ3v) is 3.09. The fraction of sp³-hybridized carbons (Fsp3) is 0.462. The highest BCUT2D eigenvalue weighted by Gasteiger charge is 2.23. The fourth-order valence-corrected chi connectivity index (χ4v) is 1.97. The number of ether oxygens (including phenoxy) is 1. The molecule has 1 aromatic rings. The van der Waals surface area contributed by atoms with Crippen LogP contribution in [0.5, 0.6) is 0 Å².